The van der Waals surface area contributed by atoms with Crippen molar-refractivity contribution in [1.29, 1.82) is 0 Å². The van der Waals surface area contributed by atoms with Crippen molar-refractivity contribution in [1.82, 2.24) is 10.2 Å². The Labute approximate surface area is 134 Å². The number of nitrogens with one attached hydrogen (secondary N) is 1. The number of nitrogen functional groups attached to an aromatic ring is 1. The molecule has 1 aromatic rings. The molecule has 0 spiro atoms. The van der Waals surface area contributed by atoms with E-state index in [-0.39, 0.29) is 31.4 Å². The number of benzene rings is 1. The zero-order valence-electron chi connectivity index (χ0n) is 13.2. The average molecular weight is 320 g/mol. The molecule has 0 fully saturated rings. The predicted octanol–water partition coefficient (Wildman–Crippen LogP) is 1.00. The van der Waals surface area contributed by atoms with Crippen LogP contribution in [0.5, 0.6) is 0 Å². The molecule has 1 heterocycles. The zero-order valence-corrected chi connectivity index (χ0v) is 13.2. The molecule has 0 radical (unpaired) electrons. The first-order valence-corrected chi connectivity index (χ1v) is 7.18. The van der Waals surface area contributed by atoms with E-state index in [1.165, 1.54) is 18.1 Å². The number of hydrogen-bond donors (Lipinski definition) is 3. The van der Waals surface area contributed by atoms with E-state index >= 15 is 0 Å². The Kier molecular flexibility index (Phi) is 5.23. The van der Waals surface area contributed by atoms with Crippen LogP contribution >= 0.6 is 0 Å². The van der Waals surface area contributed by atoms with Crippen LogP contribution in [0.2, 0.25) is 0 Å². The summed E-state index contributed by atoms with van der Waals surface area (Å²) in [4.78, 5) is 13.8. The van der Waals surface area contributed by atoms with Gasteiger partial charge in [0.2, 0.25) is 11.8 Å². The molecule has 0 bridgehead atoms. The van der Waals surface area contributed by atoms with Crippen molar-refractivity contribution in [2.24, 2.45) is 5.73 Å². The highest BCUT2D eigenvalue weighted by molar-refractivity contribution is 5.94. The Morgan fingerprint density at radius 1 is 1.48 bits per heavy atom. The number of nitrogens with zero attached hydrogens (tertiary/aromatic N) is 1. The molecule has 1 aromatic carbocycles. The van der Waals surface area contributed by atoms with Crippen LogP contribution in [0, 0.1) is 0 Å². The maximum atomic E-state index is 13.9. The second-order valence-corrected chi connectivity index (χ2v) is 5.25. The van der Waals surface area contributed by atoms with Crippen LogP contribution in [0.15, 0.2) is 41.6 Å². The number of halogens is 1. The van der Waals surface area contributed by atoms with Crippen molar-refractivity contribution in [3.05, 3.63) is 52.7 Å². The standard InChI is InChI=1S/C16H21FN4O2/c1-21-9-11(6-13(17)16(21)23-2)15(22)20-8-10-4-3-5-14(19)12(10)7-18/h3-6H,7-9,18-19H2,1-2H3,(H,20,22). The van der Waals surface area contributed by atoms with Gasteiger partial charge in [-0.3, -0.25) is 4.79 Å². The third-order valence-electron chi connectivity index (χ3n) is 3.70. The fraction of sp³-hybridized carbons (Fsp3) is 0.312. The van der Waals surface area contributed by atoms with Gasteiger partial charge in [-0.2, -0.15) is 0 Å². The summed E-state index contributed by atoms with van der Waals surface area (Å²) >= 11 is 0. The van der Waals surface area contributed by atoms with Crippen molar-refractivity contribution in [3.63, 3.8) is 0 Å². The summed E-state index contributed by atoms with van der Waals surface area (Å²) in [6.45, 7) is 0.834. The molecular weight excluding hydrogens is 299 g/mol. The SMILES string of the molecule is COC1=C(F)C=C(C(=O)NCc2cccc(N)c2CN)CN1C. The number of carbonyl (C=O) groups is 1. The van der Waals surface area contributed by atoms with Gasteiger partial charge in [0.15, 0.2) is 5.83 Å². The Bertz CT molecular complexity index is 670. The van der Waals surface area contributed by atoms with Crippen molar-refractivity contribution >= 4 is 11.6 Å². The largest absolute Gasteiger partial charge is 0.480 e. The Morgan fingerprint density at radius 2 is 2.22 bits per heavy atom. The normalized spacial score (nSPS) is 14.6. The van der Waals surface area contributed by atoms with Crippen LogP contribution in [-0.4, -0.2) is 31.5 Å². The van der Waals surface area contributed by atoms with Crippen molar-refractivity contribution < 1.29 is 13.9 Å². The highest BCUT2D eigenvalue weighted by Crippen LogP contribution is 2.21. The summed E-state index contributed by atoms with van der Waals surface area (Å²) in [5, 5.41) is 2.77. The Hall–Kier alpha value is -2.54. The molecule has 1 aliphatic rings. The molecule has 0 atom stereocenters. The molecule has 23 heavy (non-hydrogen) atoms. The molecule has 0 aliphatic carbocycles. The highest BCUT2D eigenvalue weighted by Gasteiger charge is 2.22. The smallest absolute Gasteiger partial charge is 0.249 e. The van der Waals surface area contributed by atoms with Crippen LogP contribution in [0.25, 0.3) is 0 Å². The number of likely N-dealkylation sites (N-methyl/N-ethyl adjacent to an activating group) is 1. The lowest BCUT2D eigenvalue weighted by Gasteiger charge is -2.26. The first-order chi connectivity index (χ1) is 11.0. The molecule has 1 aliphatic heterocycles. The summed E-state index contributed by atoms with van der Waals surface area (Å²) in [5.74, 6) is -0.798. The molecule has 0 saturated heterocycles. The summed E-state index contributed by atoms with van der Waals surface area (Å²) < 4.78 is 18.8. The quantitative estimate of drug-likeness (QED) is 0.704. The minimum Gasteiger partial charge on any atom is -0.480 e. The first kappa shape index (κ1) is 16.8. The maximum absolute atomic E-state index is 13.9. The third kappa shape index (κ3) is 3.62. The highest BCUT2D eigenvalue weighted by atomic mass is 19.1. The molecule has 0 aromatic heterocycles. The number of hydrogen-bond acceptors (Lipinski definition) is 5. The lowest BCUT2D eigenvalue weighted by molar-refractivity contribution is -0.118. The van der Waals surface area contributed by atoms with Gasteiger partial charge in [-0.15, -0.1) is 0 Å². The minimum atomic E-state index is -0.571. The van der Waals surface area contributed by atoms with Crippen LogP contribution in [0.4, 0.5) is 10.1 Å². The fourth-order valence-electron chi connectivity index (χ4n) is 2.52. The lowest BCUT2D eigenvalue weighted by Crippen LogP contribution is -2.34. The van der Waals surface area contributed by atoms with Gasteiger partial charge in [0.25, 0.3) is 0 Å². The average Bonchev–Trinajstić information content (AvgIpc) is 2.52. The molecule has 7 heteroatoms. The van der Waals surface area contributed by atoms with Crippen molar-refractivity contribution in [3.8, 4) is 0 Å². The molecule has 1 amide bonds. The Morgan fingerprint density at radius 3 is 2.83 bits per heavy atom. The van der Waals surface area contributed by atoms with Crippen LogP contribution in [0.3, 0.4) is 0 Å². The number of anilines is 1. The second kappa shape index (κ2) is 7.15. The van der Waals surface area contributed by atoms with E-state index in [2.05, 4.69) is 5.32 Å². The van der Waals surface area contributed by atoms with Crippen molar-refractivity contribution in [2.45, 2.75) is 13.1 Å². The molecular formula is C16H21FN4O2. The van der Waals surface area contributed by atoms with E-state index < -0.39 is 5.83 Å². The van der Waals surface area contributed by atoms with Gasteiger partial charge in [0, 0.05) is 31.4 Å². The fourth-order valence-corrected chi connectivity index (χ4v) is 2.52. The van der Waals surface area contributed by atoms with Gasteiger partial charge in [0.1, 0.15) is 0 Å². The van der Waals surface area contributed by atoms with E-state index in [0.717, 1.165) is 11.1 Å². The van der Waals surface area contributed by atoms with E-state index in [1.807, 2.05) is 6.07 Å². The number of amides is 1. The lowest BCUT2D eigenvalue weighted by atomic mass is 10.1. The monoisotopic (exact) mass is 320 g/mol. The predicted molar refractivity (Wildman–Crippen MR) is 86.4 cm³/mol. The van der Waals surface area contributed by atoms with E-state index in [0.29, 0.717) is 11.3 Å². The number of carbonyl (C=O) groups excluding carboxylic acids is 1. The molecule has 5 N–H and O–H groups in total. The van der Waals surface area contributed by atoms with Gasteiger partial charge in [0.05, 0.1) is 13.7 Å². The topological polar surface area (TPSA) is 93.6 Å². The Balaban J connectivity index is 2.09. The van der Waals surface area contributed by atoms with Gasteiger partial charge in [-0.05, 0) is 23.3 Å². The molecule has 0 saturated carbocycles. The zero-order chi connectivity index (χ0) is 17.0. The van der Waals surface area contributed by atoms with Crippen LogP contribution in [-0.2, 0) is 22.6 Å². The number of rotatable bonds is 5. The molecule has 2 rings (SSSR count). The van der Waals surface area contributed by atoms with E-state index in [1.54, 1.807) is 19.2 Å². The number of allylic oxidation sites excluding steroid dienone is 2. The number of ether oxygens (including phenoxy) is 1. The van der Waals surface area contributed by atoms with Crippen molar-refractivity contribution in [2.75, 3.05) is 26.4 Å². The number of nitrogens with two attached hydrogens (primary N) is 2. The molecule has 6 nitrogen and oxygen atoms in total. The maximum Gasteiger partial charge on any atom is 0.249 e. The molecule has 0 unspecified atom stereocenters. The summed E-state index contributed by atoms with van der Waals surface area (Å²) in [7, 11) is 3.04. The second-order valence-electron chi connectivity index (χ2n) is 5.25. The van der Waals surface area contributed by atoms with Gasteiger partial charge in [-0.25, -0.2) is 4.39 Å². The van der Waals surface area contributed by atoms with Crippen LogP contribution < -0.4 is 16.8 Å². The number of methoxy groups -OCH3 is 1. The summed E-state index contributed by atoms with van der Waals surface area (Å²) in [6, 6.07) is 5.42. The minimum absolute atomic E-state index is 0.114. The van der Waals surface area contributed by atoms with E-state index in [4.69, 9.17) is 16.2 Å². The van der Waals surface area contributed by atoms with Gasteiger partial charge >= 0.3 is 0 Å². The summed E-state index contributed by atoms with van der Waals surface area (Å²) in [5.41, 5.74) is 14.1. The molecule has 124 valence electrons. The van der Waals surface area contributed by atoms with E-state index in [9.17, 15) is 9.18 Å². The van der Waals surface area contributed by atoms with Gasteiger partial charge < -0.3 is 26.4 Å². The van der Waals surface area contributed by atoms with Crippen LogP contribution in [0.1, 0.15) is 11.1 Å². The third-order valence-corrected chi connectivity index (χ3v) is 3.70. The summed E-state index contributed by atoms with van der Waals surface area (Å²) in [6.07, 6.45) is 1.19. The first-order valence-electron chi connectivity index (χ1n) is 7.18. The van der Waals surface area contributed by atoms with Gasteiger partial charge in [-0.1, -0.05) is 12.1 Å².